The van der Waals surface area contributed by atoms with Crippen LogP contribution in [-0.2, 0) is 0 Å². The molecule has 1 fully saturated rings. The monoisotopic (exact) mass is 414 g/mol. The number of carbonyl (C=O) groups excluding carboxylic acids is 1. The summed E-state index contributed by atoms with van der Waals surface area (Å²) in [6, 6.07) is 7.31. The lowest BCUT2D eigenvalue weighted by Crippen LogP contribution is -2.45. The van der Waals surface area contributed by atoms with Crippen molar-refractivity contribution >= 4 is 16.8 Å². The van der Waals surface area contributed by atoms with Crippen LogP contribution in [0.25, 0.3) is 28.1 Å². The van der Waals surface area contributed by atoms with Gasteiger partial charge in [-0.2, -0.15) is 5.10 Å². The maximum atomic E-state index is 13.0. The fourth-order valence-corrected chi connectivity index (χ4v) is 3.85. The van der Waals surface area contributed by atoms with E-state index in [0.29, 0.717) is 36.0 Å². The van der Waals surface area contributed by atoms with Gasteiger partial charge in [-0.25, -0.2) is 14.6 Å². The van der Waals surface area contributed by atoms with Crippen molar-refractivity contribution in [3.8, 4) is 17.2 Å². The fourth-order valence-electron chi connectivity index (χ4n) is 3.85. The molecule has 4 aromatic rings. The second kappa shape index (κ2) is 7.84. The van der Waals surface area contributed by atoms with E-state index in [0.717, 1.165) is 29.4 Å². The Labute approximate surface area is 179 Å². The Kier molecular flexibility index (Phi) is 4.87. The van der Waals surface area contributed by atoms with Crippen LogP contribution in [0.3, 0.4) is 0 Å². The molecule has 31 heavy (non-hydrogen) atoms. The van der Waals surface area contributed by atoms with Crippen LogP contribution in [0.15, 0.2) is 49.1 Å². The molecule has 0 radical (unpaired) electrons. The first-order valence-corrected chi connectivity index (χ1v) is 10.2. The van der Waals surface area contributed by atoms with Gasteiger partial charge in [-0.15, -0.1) is 0 Å². The van der Waals surface area contributed by atoms with Gasteiger partial charge in [0.05, 0.1) is 29.3 Å². The lowest BCUT2D eigenvalue weighted by atomic mass is 10.1. The molecule has 2 N–H and O–H groups in total. The maximum absolute atomic E-state index is 13.0. The van der Waals surface area contributed by atoms with Crippen LogP contribution in [0.5, 0.6) is 0 Å². The van der Waals surface area contributed by atoms with Crippen LogP contribution < -0.4 is 5.73 Å². The Morgan fingerprint density at radius 1 is 1.13 bits per heavy atom. The summed E-state index contributed by atoms with van der Waals surface area (Å²) in [5.41, 5.74) is 9.45. The number of aromatic nitrogens is 6. The van der Waals surface area contributed by atoms with E-state index < -0.39 is 0 Å². The van der Waals surface area contributed by atoms with Crippen LogP contribution in [0, 0.1) is 6.92 Å². The normalized spacial score (nSPS) is 16.6. The number of piperidine rings is 1. The standard InChI is InChI=1S/C22H22N8O/c1-14-9-24-12-19(27-14)18-8-20-15(10-25-18)11-26-30(20)21-6-2-5-17(28-21)22(31)29-7-3-4-16(23)13-29/h2,5-6,8-12,16H,3-4,7,13,23H2,1H3. The number of nitrogens with two attached hydrogens (primary N) is 1. The highest BCUT2D eigenvalue weighted by atomic mass is 16.2. The third-order valence-electron chi connectivity index (χ3n) is 5.39. The van der Waals surface area contributed by atoms with Crippen molar-refractivity contribution in [1.82, 2.24) is 34.6 Å². The number of likely N-dealkylation sites (tertiary alicyclic amines) is 1. The summed E-state index contributed by atoms with van der Waals surface area (Å²) in [6.07, 6.45) is 8.72. The van der Waals surface area contributed by atoms with Gasteiger partial charge in [-0.3, -0.25) is 14.8 Å². The molecular formula is C22H22N8O. The minimum atomic E-state index is -0.106. The predicted molar refractivity (Wildman–Crippen MR) is 116 cm³/mol. The molecule has 1 saturated heterocycles. The van der Waals surface area contributed by atoms with E-state index in [9.17, 15) is 4.79 Å². The number of hydrogen-bond donors (Lipinski definition) is 1. The second-order valence-corrected chi connectivity index (χ2v) is 7.76. The summed E-state index contributed by atoms with van der Waals surface area (Å²) < 4.78 is 1.71. The van der Waals surface area contributed by atoms with Gasteiger partial charge in [0.1, 0.15) is 11.4 Å². The molecule has 4 aromatic heterocycles. The molecule has 5 heterocycles. The van der Waals surface area contributed by atoms with Crippen molar-refractivity contribution in [3.63, 3.8) is 0 Å². The van der Waals surface area contributed by atoms with Gasteiger partial charge in [0.25, 0.3) is 5.91 Å². The molecule has 1 aliphatic rings. The smallest absolute Gasteiger partial charge is 0.272 e. The molecule has 9 nitrogen and oxygen atoms in total. The van der Waals surface area contributed by atoms with Crippen molar-refractivity contribution in [3.05, 3.63) is 60.4 Å². The van der Waals surface area contributed by atoms with Gasteiger partial charge >= 0.3 is 0 Å². The Hall–Kier alpha value is -3.72. The van der Waals surface area contributed by atoms with Crippen LogP contribution in [0.4, 0.5) is 0 Å². The molecule has 1 atom stereocenters. The summed E-state index contributed by atoms with van der Waals surface area (Å²) >= 11 is 0. The number of fused-ring (bicyclic) bond motifs is 1. The SMILES string of the molecule is Cc1cncc(-c2cc3c(cn2)cnn3-c2cccc(C(=O)N3CCCC(N)C3)n2)n1. The van der Waals surface area contributed by atoms with E-state index in [4.69, 9.17) is 5.73 Å². The summed E-state index contributed by atoms with van der Waals surface area (Å²) in [6.45, 7) is 3.15. The summed E-state index contributed by atoms with van der Waals surface area (Å²) in [5, 5.41) is 5.34. The molecule has 0 aliphatic carbocycles. The number of pyridine rings is 2. The second-order valence-electron chi connectivity index (χ2n) is 7.76. The van der Waals surface area contributed by atoms with Crippen molar-refractivity contribution in [2.75, 3.05) is 13.1 Å². The van der Waals surface area contributed by atoms with Crippen LogP contribution in [-0.4, -0.2) is 59.7 Å². The zero-order valence-corrected chi connectivity index (χ0v) is 17.1. The van der Waals surface area contributed by atoms with E-state index in [1.807, 2.05) is 25.1 Å². The van der Waals surface area contributed by atoms with E-state index in [2.05, 4.69) is 25.0 Å². The molecule has 1 aliphatic heterocycles. The van der Waals surface area contributed by atoms with Gasteiger partial charge in [-0.05, 0) is 38.0 Å². The number of nitrogens with zero attached hydrogens (tertiary/aromatic N) is 7. The summed E-state index contributed by atoms with van der Waals surface area (Å²) in [4.78, 5) is 32.5. The highest BCUT2D eigenvalue weighted by Crippen LogP contribution is 2.22. The molecule has 0 spiro atoms. The van der Waals surface area contributed by atoms with Gasteiger partial charge in [0, 0.05) is 36.9 Å². The van der Waals surface area contributed by atoms with Crippen molar-refractivity contribution in [2.45, 2.75) is 25.8 Å². The Balaban J connectivity index is 1.51. The largest absolute Gasteiger partial charge is 0.336 e. The predicted octanol–water partition coefficient (Wildman–Crippen LogP) is 2.14. The molecular weight excluding hydrogens is 392 g/mol. The average Bonchev–Trinajstić information content (AvgIpc) is 3.22. The van der Waals surface area contributed by atoms with Gasteiger partial charge in [0.2, 0.25) is 0 Å². The first-order valence-electron chi connectivity index (χ1n) is 10.2. The molecule has 0 saturated carbocycles. The Morgan fingerprint density at radius 2 is 2.03 bits per heavy atom. The number of carbonyl (C=O) groups is 1. The number of aryl methyl sites for hydroxylation is 1. The van der Waals surface area contributed by atoms with Crippen LogP contribution in [0.2, 0.25) is 0 Å². The van der Waals surface area contributed by atoms with Gasteiger partial charge in [-0.1, -0.05) is 6.07 Å². The van der Waals surface area contributed by atoms with Gasteiger partial charge < -0.3 is 10.6 Å². The highest BCUT2D eigenvalue weighted by Gasteiger charge is 2.23. The zero-order chi connectivity index (χ0) is 21.4. The first kappa shape index (κ1) is 19.3. The number of amides is 1. The summed E-state index contributed by atoms with van der Waals surface area (Å²) in [5.74, 6) is 0.459. The van der Waals surface area contributed by atoms with Crippen LogP contribution >= 0.6 is 0 Å². The molecule has 9 heteroatoms. The Bertz CT molecular complexity index is 1270. The van der Waals surface area contributed by atoms with E-state index in [1.54, 1.807) is 40.4 Å². The molecule has 1 unspecified atom stereocenters. The van der Waals surface area contributed by atoms with E-state index in [1.165, 1.54) is 0 Å². The van der Waals surface area contributed by atoms with Crippen molar-refractivity contribution in [2.24, 2.45) is 5.73 Å². The third-order valence-corrected chi connectivity index (χ3v) is 5.39. The van der Waals surface area contributed by atoms with E-state index >= 15 is 0 Å². The lowest BCUT2D eigenvalue weighted by Gasteiger charge is -2.30. The van der Waals surface area contributed by atoms with Crippen molar-refractivity contribution in [1.29, 1.82) is 0 Å². The lowest BCUT2D eigenvalue weighted by molar-refractivity contribution is 0.0703. The topological polar surface area (TPSA) is 116 Å². The van der Waals surface area contributed by atoms with Crippen LogP contribution in [0.1, 0.15) is 29.0 Å². The molecule has 1 amide bonds. The van der Waals surface area contributed by atoms with Gasteiger partial charge in [0.15, 0.2) is 5.82 Å². The first-order chi connectivity index (χ1) is 15.1. The minimum absolute atomic E-state index is 0.0200. The third kappa shape index (κ3) is 3.75. The quantitative estimate of drug-likeness (QED) is 0.546. The number of hydrogen-bond acceptors (Lipinski definition) is 7. The number of rotatable bonds is 3. The fraction of sp³-hybridized carbons (Fsp3) is 0.273. The molecule has 5 rings (SSSR count). The molecule has 0 aromatic carbocycles. The zero-order valence-electron chi connectivity index (χ0n) is 17.1. The van der Waals surface area contributed by atoms with Crippen molar-refractivity contribution < 1.29 is 4.79 Å². The highest BCUT2D eigenvalue weighted by molar-refractivity contribution is 5.92. The minimum Gasteiger partial charge on any atom is -0.336 e. The Morgan fingerprint density at radius 3 is 2.87 bits per heavy atom. The average molecular weight is 414 g/mol. The molecule has 156 valence electrons. The molecule has 0 bridgehead atoms. The summed E-state index contributed by atoms with van der Waals surface area (Å²) in [7, 11) is 0. The maximum Gasteiger partial charge on any atom is 0.272 e. The van der Waals surface area contributed by atoms with E-state index in [-0.39, 0.29) is 11.9 Å².